The van der Waals surface area contributed by atoms with E-state index in [1.807, 2.05) is 0 Å². The van der Waals surface area contributed by atoms with Crippen molar-refractivity contribution in [1.82, 2.24) is 0 Å². The molecule has 0 aromatic heterocycles. The van der Waals surface area contributed by atoms with Gasteiger partial charge in [-0.25, -0.2) is 4.39 Å². The van der Waals surface area contributed by atoms with Crippen LogP contribution in [0.1, 0.15) is 10.4 Å². The van der Waals surface area contributed by atoms with Gasteiger partial charge in [-0.15, -0.1) is 0 Å². The first-order chi connectivity index (χ1) is 6.02. The fourth-order valence-electron chi connectivity index (χ4n) is 0.820. The molecule has 1 rings (SSSR count). The second kappa shape index (κ2) is 3.83. The number of Topliss-reactive ketones (excluding diaryl/α,β-unsaturated/α-hetero) is 1. The van der Waals surface area contributed by atoms with E-state index in [1.165, 1.54) is 12.1 Å². The number of hydrogen-bond acceptors (Lipinski definition) is 3. The molecule has 5 heteroatoms. The lowest BCUT2D eigenvalue weighted by atomic mass is 10.1. The highest BCUT2D eigenvalue weighted by molar-refractivity contribution is 6.30. The van der Waals surface area contributed by atoms with Gasteiger partial charge in [0.25, 0.3) is 0 Å². The van der Waals surface area contributed by atoms with Gasteiger partial charge in [0.1, 0.15) is 5.82 Å². The van der Waals surface area contributed by atoms with Crippen LogP contribution in [-0.2, 0) is 0 Å². The largest absolute Gasteiger partial charge is 0.371 e. The predicted molar refractivity (Wildman–Crippen MR) is 45.9 cm³/mol. The molecule has 1 atom stereocenters. The number of benzene rings is 1. The molecule has 0 bridgehead atoms. The zero-order valence-electron chi connectivity index (χ0n) is 6.50. The molecule has 70 valence electrons. The normalized spacial score (nSPS) is 12.6. The highest BCUT2D eigenvalue weighted by Crippen LogP contribution is 2.16. The highest BCUT2D eigenvalue weighted by Gasteiger charge is 2.13. The molecule has 1 aromatic carbocycles. The monoisotopic (exact) mass is 203 g/mol. The molecule has 0 fully saturated rings. The summed E-state index contributed by atoms with van der Waals surface area (Å²) in [7, 11) is 0. The second-order valence-electron chi connectivity index (χ2n) is 2.44. The van der Waals surface area contributed by atoms with E-state index in [0.29, 0.717) is 0 Å². The molecule has 1 aromatic rings. The molecule has 13 heavy (non-hydrogen) atoms. The van der Waals surface area contributed by atoms with Gasteiger partial charge < -0.3 is 5.11 Å². The second-order valence-corrected chi connectivity index (χ2v) is 2.85. The maximum atomic E-state index is 12.8. The molecule has 0 amide bonds. The van der Waals surface area contributed by atoms with Crippen molar-refractivity contribution in [3.8, 4) is 0 Å². The topological polar surface area (TPSA) is 63.3 Å². The van der Waals surface area contributed by atoms with Gasteiger partial charge in [-0.3, -0.25) is 10.5 Å². The van der Waals surface area contributed by atoms with Crippen molar-refractivity contribution in [2.24, 2.45) is 5.73 Å². The number of carbonyl (C=O) groups excluding carboxylic acids is 1. The summed E-state index contributed by atoms with van der Waals surface area (Å²) in [5.41, 5.74) is 4.90. The van der Waals surface area contributed by atoms with Gasteiger partial charge in [-0.1, -0.05) is 11.6 Å². The number of ketones is 1. The molecular weight excluding hydrogens is 197 g/mol. The standard InChI is InChI=1S/C8H7ClFNO2/c9-5-2-1-4(3-6(5)10)7(12)8(11)13/h1-3,8,13H,11H2. The minimum Gasteiger partial charge on any atom is -0.371 e. The summed E-state index contributed by atoms with van der Waals surface area (Å²) in [6.45, 7) is 0. The zero-order chi connectivity index (χ0) is 10.0. The third kappa shape index (κ3) is 2.24. The molecule has 0 heterocycles. The van der Waals surface area contributed by atoms with E-state index in [2.05, 4.69) is 0 Å². The smallest absolute Gasteiger partial charge is 0.206 e. The number of hydrogen-bond donors (Lipinski definition) is 2. The maximum Gasteiger partial charge on any atom is 0.206 e. The Labute approximate surface area is 78.9 Å². The summed E-state index contributed by atoms with van der Waals surface area (Å²) < 4.78 is 12.8. The van der Waals surface area contributed by atoms with Gasteiger partial charge in [0.05, 0.1) is 5.02 Å². The molecule has 0 aliphatic heterocycles. The molecular formula is C8H7ClFNO2. The van der Waals surface area contributed by atoms with E-state index in [1.54, 1.807) is 0 Å². The zero-order valence-corrected chi connectivity index (χ0v) is 7.25. The van der Waals surface area contributed by atoms with Crippen LogP contribution in [0.4, 0.5) is 4.39 Å². The Hall–Kier alpha value is -0.970. The number of nitrogens with two attached hydrogens (primary N) is 1. The van der Waals surface area contributed by atoms with E-state index in [4.69, 9.17) is 22.4 Å². The van der Waals surface area contributed by atoms with Crippen LogP contribution in [0.2, 0.25) is 5.02 Å². The van der Waals surface area contributed by atoms with Crippen LogP contribution in [0.3, 0.4) is 0 Å². The Bertz CT molecular complexity index is 341. The number of halogens is 2. The predicted octanol–water partition coefficient (Wildman–Crippen LogP) is 0.939. The van der Waals surface area contributed by atoms with Crippen LogP contribution in [-0.4, -0.2) is 17.1 Å². The summed E-state index contributed by atoms with van der Waals surface area (Å²) in [5, 5.41) is 8.63. The molecule has 0 aliphatic carbocycles. The molecule has 3 N–H and O–H groups in total. The Morgan fingerprint density at radius 1 is 1.62 bits per heavy atom. The van der Waals surface area contributed by atoms with E-state index in [0.717, 1.165) is 6.07 Å². The number of aliphatic hydroxyl groups is 1. The number of aliphatic hydroxyl groups excluding tert-OH is 1. The first-order valence-corrected chi connectivity index (χ1v) is 3.83. The van der Waals surface area contributed by atoms with Crippen molar-refractivity contribution in [3.05, 3.63) is 34.6 Å². The lowest BCUT2D eigenvalue weighted by Gasteiger charge is -2.03. The SMILES string of the molecule is NC(O)C(=O)c1ccc(Cl)c(F)c1. The Morgan fingerprint density at radius 3 is 2.69 bits per heavy atom. The van der Waals surface area contributed by atoms with Crippen LogP contribution in [0.15, 0.2) is 18.2 Å². The molecule has 1 unspecified atom stereocenters. The summed E-state index contributed by atoms with van der Waals surface area (Å²) in [6, 6.07) is 3.46. The lowest BCUT2D eigenvalue weighted by molar-refractivity contribution is 0.0758. The Kier molecular flexibility index (Phi) is 2.98. The highest BCUT2D eigenvalue weighted by atomic mass is 35.5. The van der Waals surface area contributed by atoms with Crippen molar-refractivity contribution < 1.29 is 14.3 Å². The summed E-state index contributed by atoms with van der Waals surface area (Å²) in [4.78, 5) is 11.0. The number of rotatable bonds is 2. The first-order valence-electron chi connectivity index (χ1n) is 3.45. The van der Waals surface area contributed by atoms with E-state index >= 15 is 0 Å². The minimum absolute atomic E-state index is 0.00287. The molecule has 0 radical (unpaired) electrons. The van der Waals surface area contributed by atoms with E-state index < -0.39 is 17.8 Å². The molecule has 0 saturated heterocycles. The van der Waals surface area contributed by atoms with Crippen molar-refractivity contribution >= 4 is 17.4 Å². The van der Waals surface area contributed by atoms with Crippen LogP contribution < -0.4 is 5.73 Å². The molecule has 3 nitrogen and oxygen atoms in total. The van der Waals surface area contributed by atoms with Crippen molar-refractivity contribution in [2.45, 2.75) is 6.23 Å². The quantitative estimate of drug-likeness (QED) is 0.556. The summed E-state index contributed by atoms with van der Waals surface area (Å²) in [5.74, 6) is -1.45. The van der Waals surface area contributed by atoms with Crippen LogP contribution in [0.25, 0.3) is 0 Å². The van der Waals surface area contributed by atoms with Gasteiger partial charge in [0.2, 0.25) is 5.78 Å². The van der Waals surface area contributed by atoms with Gasteiger partial charge in [0.15, 0.2) is 6.23 Å². The van der Waals surface area contributed by atoms with Crippen molar-refractivity contribution in [3.63, 3.8) is 0 Å². The first kappa shape index (κ1) is 10.1. The summed E-state index contributed by atoms with van der Waals surface area (Å²) >= 11 is 5.38. The van der Waals surface area contributed by atoms with Gasteiger partial charge >= 0.3 is 0 Å². The molecule has 0 saturated carbocycles. The lowest BCUT2D eigenvalue weighted by Crippen LogP contribution is -2.29. The van der Waals surface area contributed by atoms with Crippen LogP contribution in [0, 0.1) is 5.82 Å². The fraction of sp³-hybridized carbons (Fsp3) is 0.125. The molecule has 0 aliphatic rings. The van der Waals surface area contributed by atoms with Crippen LogP contribution >= 0.6 is 11.6 Å². The maximum absolute atomic E-state index is 12.8. The third-order valence-electron chi connectivity index (χ3n) is 1.47. The molecule has 0 spiro atoms. The van der Waals surface area contributed by atoms with Gasteiger partial charge in [0, 0.05) is 5.56 Å². The van der Waals surface area contributed by atoms with Crippen molar-refractivity contribution in [1.29, 1.82) is 0 Å². The third-order valence-corrected chi connectivity index (χ3v) is 1.78. The summed E-state index contributed by atoms with van der Waals surface area (Å²) in [6.07, 6.45) is -1.62. The minimum atomic E-state index is -1.62. The number of carbonyl (C=O) groups is 1. The van der Waals surface area contributed by atoms with E-state index in [9.17, 15) is 9.18 Å². The average Bonchev–Trinajstić information content (AvgIpc) is 2.08. The Morgan fingerprint density at radius 2 is 2.23 bits per heavy atom. The van der Waals surface area contributed by atoms with Crippen molar-refractivity contribution in [2.75, 3.05) is 0 Å². The Balaban J connectivity index is 3.04. The average molecular weight is 204 g/mol. The van der Waals surface area contributed by atoms with E-state index in [-0.39, 0.29) is 10.6 Å². The van der Waals surface area contributed by atoms with Crippen LogP contribution in [0.5, 0.6) is 0 Å². The van der Waals surface area contributed by atoms with Gasteiger partial charge in [-0.05, 0) is 18.2 Å². The fourth-order valence-corrected chi connectivity index (χ4v) is 0.938. The van der Waals surface area contributed by atoms with Gasteiger partial charge in [-0.2, -0.15) is 0 Å².